The number of nitrogens with one attached hydrogen (secondary N) is 1. The highest BCUT2D eigenvalue weighted by atomic mass is 19.1. The van der Waals surface area contributed by atoms with E-state index in [1.54, 1.807) is 13.0 Å². The Kier molecular flexibility index (Phi) is 3.69. The molecule has 0 saturated carbocycles. The summed E-state index contributed by atoms with van der Waals surface area (Å²) in [6.45, 7) is 6.00. The molecule has 0 bridgehead atoms. The molecule has 0 radical (unpaired) electrons. The van der Waals surface area contributed by atoms with Crippen LogP contribution in [0.5, 0.6) is 0 Å². The van der Waals surface area contributed by atoms with Crippen molar-refractivity contribution in [2.45, 2.75) is 32.8 Å². The van der Waals surface area contributed by atoms with Crippen LogP contribution >= 0.6 is 0 Å². The normalized spacial score (nSPS) is 14.7. The van der Waals surface area contributed by atoms with Gasteiger partial charge in [-0.1, -0.05) is 13.0 Å². The van der Waals surface area contributed by atoms with Gasteiger partial charge in [-0.3, -0.25) is 0 Å². The third-order valence-electron chi connectivity index (χ3n) is 2.62. The molecule has 3 heteroatoms. The van der Waals surface area contributed by atoms with Gasteiger partial charge in [0.2, 0.25) is 0 Å². The van der Waals surface area contributed by atoms with E-state index in [1.807, 2.05) is 13.8 Å². The molecule has 0 heterocycles. The number of anilines is 1. The van der Waals surface area contributed by atoms with Gasteiger partial charge in [0.05, 0.1) is 5.60 Å². The van der Waals surface area contributed by atoms with E-state index in [4.69, 9.17) is 0 Å². The maximum Gasteiger partial charge on any atom is 0.125 e. The van der Waals surface area contributed by atoms with Crippen LogP contribution in [0.2, 0.25) is 0 Å². The van der Waals surface area contributed by atoms with Gasteiger partial charge in [-0.15, -0.1) is 0 Å². The third kappa shape index (κ3) is 3.51. The molecular weight excluding hydrogens is 193 g/mol. The fourth-order valence-electron chi connectivity index (χ4n) is 1.20. The Bertz CT molecular complexity index is 336. The second kappa shape index (κ2) is 4.62. The number of aliphatic hydroxyl groups is 1. The first-order chi connectivity index (χ1) is 6.94. The van der Waals surface area contributed by atoms with Crippen LogP contribution in [0.1, 0.15) is 25.8 Å². The Morgan fingerprint density at radius 3 is 2.73 bits per heavy atom. The smallest absolute Gasteiger partial charge is 0.125 e. The van der Waals surface area contributed by atoms with Gasteiger partial charge in [0.1, 0.15) is 5.82 Å². The fraction of sp³-hybridized carbons (Fsp3) is 0.500. The van der Waals surface area contributed by atoms with Gasteiger partial charge in [-0.25, -0.2) is 4.39 Å². The van der Waals surface area contributed by atoms with Crippen molar-refractivity contribution in [2.24, 2.45) is 0 Å². The molecule has 15 heavy (non-hydrogen) atoms. The van der Waals surface area contributed by atoms with Crippen molar-refractivity contribution in [2.75, 3.05) is 11.9 Å². The summed E-state index contributed by atoms with van der Waals surface area (Å²) in [5, 5.41) is 12.8. The molecule has 1 rings (SSSR count). The molecule has 1 aromatic carbocycles. The van der Waals surface area contributed by atoms with Crippen molar-refractivity contribution in [3.05, 3.63) is 29.6 Å². The van der Waals surface area contributed by atoms with Crippen molar-refractivity contribution >= 4 is 5.69 Å². The number of halogens is 1. The Morgan fingerprint density at radius 1 is 1.47 bits per heavy atom. The van der Waals surface area contributed by atoms with Crippen LogP contribution in [0.25, 0.3) is 0 Å². The highest BCUT2D eigenvalue weighted by Gasteiger charge is 2.17. The minimum Gasteiger partial charge on any atom is -0.388 e. The van der Waals surface area contributed by atoms with Gasteiger partial charge in [0.25, 0.3) is 0 Å². The fourth-order valence-corrected chi connectivity index (χ4v) is 1.20. The summed E-state index contributed by atoms with van der Waals surface area (Å²) in [5.74, 6) is -0.265. The average molecular weight is 211 g/mol. The number of rotatable bonds is 4. The molecule has 2 N–H and O–H groups in total. The van der Waals surface area contributed by atoms with Crippen molar-refractivity contribution in [3.8, 4) is 0 Å². The number of hydrogen-bond donors (Lipinski definition) is 2. The maximum atomic E-state index is 12.9. The van der Waals surface area contributed by atoms with Gasteiger partial charge in [0, 0.05) is 12.2 Å². The molecule has 2 nitrogen and oxygen atoms in total. The second-order valence-electron chi connectivity index (χ2n) is 4.16. The van der Waals surface area contributed by atoms with Crippen LogP contribution in [-0.4, -0.2) is 17.3 Å². The molecule has 0 amide bonds. The Hall–Kier alpha value is -1.09. The minimum absolute atomic E-state index is 0.265. The minimum atomic E-state index is -0.751. The molecule has 0 fully saturated rings. The summed E-state index contributed by atoms with van der Waals surface area (Å²) in [5.41, 5.74) is 0.964. The van der Waals surface area contributed by atoms with Crippen LogP contribution < -0.4 is 5.32 Å². The second-order valence-corrected chi connectivity index (χ2v) is 4.16. The predicted octanol–water partition coefficient (Wildman–Crippen LogP) is 2.71. The number of aryl methyl sites for hydroxylation is 1. The van der Waals surface area contributed by atoms with Crippen molar-refractivity contribution in [1.29, 1.82) is 0 Å². The lowest BCUT2D eigenvalue weighted by molar-refractivity contribution is 0.0697. The number of hydrogen-bond acceptors (Lipinski definition) is 2. The van der Waals surface area contributed by atoms with Crippen LogP contribution in [0.4, 0.5) is 10.1 Å². The average Bonchev–Trinajstić information content (AvgIpc) is 2.20. The van der Waals surface area contributed by atoms with E-state index in [0.29, 0.717) is 13.0 Å². The van der Waals surface area contributed by atoms with E-state index in [-0.39, 0.29) is 5.82 Å². The molecule has 1 aromatic rings. The van der Waals surface area contributed by atoms with Gasteiger partial charge in [-0.2, -0.15) is 0 Å². The lowest BCUT2D eigenvalue weighted by Gasteiger charge is -2.23. The summed E-state index contributed by atoms with van der Waals surface area (Å²) in [6, 6.07) is 4.60. The molecule has 84 valence electrons. The van der Waals surface area contributed by atoms with E-state index >= 15 is 0 Å². The van der Waals surface area contributed by atoms with E-state index in [0.717, 1.165) is 11.3 Å². The summed E-state index contributed by atoms with van der Waals surface area (Å²) in [6.07, 6.45) is 0.661. The zero-order valence-corrected chi connectivity index (χ0v) is 9.47. The Balaban J connectivity index is 2.69. The maximum absolute atomic E-state index is 12.9. The van der Waals surface area contributed by atoms with Crippen LogP contribution in [-0.2, 0) is 0 Å². The zero-order chi connectivity index (χ0) is 11.5. The van der Waals surface area contributed by atoms with Gasteiger partial charge < -0.3 is 10.4 Å². The molecule has 1 atom stereocenters. The van der Waals surface area contributed by atoms with Crippen molar-refractivity contribution < 1.29 is 9.50 Å². The van der Waals surface area contributed by atoms with Gasteiger partial charge in [0.15, 0.2) is 0 Å². The van der Waals surface area contributed by atoms with E-state index < -0.39 is 5.60 Å². The largest absolute Gasteiger partial charge is 0.388 e. The first-order valence-electron chi connectivity index (χ1n) is 5.17. The topological polar surface area (TPSA) is 32.3 Å². The molecular formula is C12H18FNO. The highest BCUT2D eigenvalue weighted by molar-refractivity contribution is 5.50. The monoisotopic (exact) mass is 211 g/mol. The van der Waals surface area contributed by atoms with E-state index in [2.05, 4.69) is 5.32 Å². The Labute approximate surface area is 90.1 Å². The molecule has 0 aliphatic rings. The summed E-state index contributed by atoms with van der Waals surface area (Å²) < 4.78 is 12.9. The van der Waals surface area contributed by atoms with Crippen LogP contribution in [0.15, 0.2) is 18.2 Å². The molecule has 1 unspecified atom stereocenters. The lowest BCUT2D eigenvalue weighted by atomic mass is 10.0. The Morgan fingerprint density at radius 2 is 2.13 bits per heavy atom. The van der Waals surface area contributed by atoms with Crippen molar-refractivity contribution in [1.82, 2.24) is 0 Å². The molecule has 0 aromatic heterocycles. The zero-order valence-electron chi connectivity index (χ0n) is 9.47. The lowest BCUT2D eigenvalue weighted by Crippen LogP contribution is -2.32. The van der Waals surface area contributed by atoms with Gasteiger partial charge in [-0.05, 0) is 38.0 Å². The van der Waals surface area contributed by atoms with Crippen molar-refractivity contribution in [3.63, 3.8) is 0 Å². The predicted molar refractivity (Wildman–Crippen MR) is 60.5 cm³/mol. The molecule has 0 aliphatic heterocycles. The summed E-state index contributed by atoms with van der Waals surface area (Å²) >= 11 is 0. The summed E-state index contributed by atoms with van der Waals surface area (Å²) in [4.78, 5) is 0. The highest BCUT2D eigenvalue weighted by Crippen LogP contribution is 2.17. The SMILES string of the molecule is CCC(C)(O)CNc1cc(F)ccc1C. The van der Waals surface area contributed by atoms with E-state index in [1.165, 1.54) is 12.1 Å². The van der Waals surface area contributed by atoms with E-state index in [9.17, 15) is 9.50 Å². The summed E-state index contributed by atoms with van der Waals surface area (Å²) in [7, 11) is 0. The first kappa shape index (κ1) is 12.0. The number of benzene rings is 1. The van der Waals surface area contributed by atoms with Gasteiger partial charge >= 0.3 is 0 Å². The molecule has 0 saturated heterocycles. The first-order valence-corrected chi connectivity index (χ1v) is 5.17. The standard InChI is InChI=1S/C12H18FNO/c1-4-12(3,15)8-14-11-7-10(13)6-5-9(11)2/h5-7,14-15H,4,8H2,1-3H3. The molecule has 0 spiro atoms. The molecule has 0 aliphatic carbocycles. The quantitative estimate of drug-likeness (QED) is 0.802. The third-order valence-corrected chi connectivity index (χ3v) is 2.62. The van der Waals surface area contributed by atoms with Crippen LogP contribution in [0, 0.1) is 12.7 Å². The van der Waals surface area contributed by atoms with Crippen LogP contribution in [0.3, 0.4) is 0 Å².